The van der Waals surface area contributed by atoms with E-state index in [0.717, 1.165) is 60.7 Å². The first-order chi connectivity index (χ1) is 12.8. The Morgan fingerprint density at radius 2 is 2.04 bits per heavy atom. The van der Waals surface area contributed by atoms with E-state index in [1.54, 1.807) is 18.6 Å². The van der Waals surface area contributed by atoms with Gasteiger partial charge in [0.1, 0.15) is 23.0 Å². The fourth-order valence-corrected chi connectivity index (χ4v) is 3.89. The van der Waals surface area contributed by atoms with Crippen molar-refractivity contribution in [3.8, 4) is 22.5 Å². The minimum Gasteiger partial charge on any atom is -0.427 e. The summed E-state index contributed by atoms with van der Waals surface area (Å²) in [6.07, 6.45) is 8.22. The van der Waals surface area contributed by atoms with Crippen LogP contribution in [0.15, 0.2) is 36.8 Å². The molecule has 3 aromatic heterocycles. The molecule has 0 aromatic carbocycles. The molecular weight excluding hydrogens is 328 g/mol. The molecule has 2 aliphatic rings. The number of piperidine rings is 1. The van der Waals surface area contributed by atoms with Crippen molar-refractivity contribution in [3.63, 3.8) is 0 Å². The van der Waals surface area contributed by atoms with Crippen molar-refractivity contribution >= 4 is 11.5 Å². The molecule has 5 heterocycles. The molecule has 7 nitrogen and oxygen atoms in total. The summed E-state index contributed by atoms with van der Waals surface area (Å²) in [5.41, 5.74) is 4.04. The van der Waals surface area contributed by atoms with Gasteiger partial charge in [-0.1, -0.05) is 0 Å². The van der Waals surface area contributed by atoms with Crippen LogP contribution in [-0.2, 0) is 6.42 Å². The summed E-state index contributed by atoms with van der Waals surface area (Å²) in [5.74, 6) is 1.98. The minimum atomic E-state index is 0.539. The first-order valence-electron chi connectivity index (χ1n) is 8.99. The smallest absolute Gasteiger partial charge is 0.146 e. The van der Waals surface area contributed by atoms with E-state index in [-0.39, 0.29) is 0 Å². The van der Waals surface area contributed by atoms with E-state index >= 15 is 0 Å². The van der Waals surface area contributed by atoms with E-state index in [0.29, 0.717) is 17.4 Å². The Bertz CT molecular complexity index is 960. The van der Waals surface area contributed by atoms with Crippen LogP contribution in [0, 0.1) is 5.92 Å². The van der Waals surface area contributed by atoms with Crippen molar-refractivity contribution < 1.29 is 5.21 Å². The normalized spacial score (nSPS) is 16.2. The number of hydrogen-bond acceptors (Lipinski definition) is 6. The van der Waals surface area contributed by atoms with Crippen LogP contribution in [0.2, 0.25) is 0 Å². The van der Waals surface area contributed by atoms with E-state index in [2.05, 4.69) is 20.6 Å². The third kappa shape index (κ3) is 2.43. The van der Waals surface area contributed by atoms with Gasteiger partial charge in [0.15, 0.2) is 0 Å². The highest BCUT2D eigenvalue weighted by Crippen LogP contribution is 2.42. The van der Waals surface area contributed by atoms with Crippen molar-refractivity contribution in [1.29, 1.82) is 0 Å². The zero-order valence-corrected chi connectivity index (χ0v) is 14.3. The number of imidazole rings is 1. The lowest BCUT2D eigenvalue weighted by Gasteiger charge is -2.21. The molecule has 26 heavy (non-hydrogen) atoms. The van der Waals surface area contributed by atoms with Gasteiger partial charge in [-0.3, -0.25) is 4.98 Å². The second kappa shape index (κ2) is 6.10. The van der Waals surface area contributed by atoms with Crippen LogP contribution in [-0.4, -0.2) is 38.0 Å². The third-order valence-electron chi connectivity index (χ3n) is 5.24. The van der Waals surface area contributed by atoms with E-state index in [1.807, 2.05) is 18.2 Å². The Balaban J connectivity index is 1.67. The molecule has 3 N–H and O–H groups in total. The monoisotopic (exact) mass is 348 g/mol. The number of pyridine rings is 2. The quantitative estimate of drug-likeness (QED) is 0.483. The molecule has 0 radical (unpaired) electrons. The van der Waals surface area contributed by atoms with Crippen molar-refractivity contribution in [1.82, 2.24) is 25.0 Å². The van der Waals surface area contributed by atoms with Crippen molar-refractivity contribution in [3.05, 3.63) is 42.6 Å². The summed E-state index contributed by atoms with van der Waals surface area (Å²) in [5, 5.41) is 17.7. The van der Waals surface area contributed by atoms with Crippen LogP contribution in [0.3, 0.4) is 0 Å². The van der Waals surface area contributed by atoms with Gasteiger partial charge in [-0.25, -0.2) is 9.97 Å². The summed E-state index contributed by atoms with van der Waals surface area (Å²) in [7, 11) is 0. The molecule has 0 amide bonds. The fourth-order valence-electron chi connectivity index (χ4n) is 3.89. The third-order valence-corrected chi connectivity index (χ3v) is 5.24. The highest BCUT2D eigenvalue weighted by atomic mass is 16.5. The molecule has 1 saturated heterocycles. The maximum absolute atomic E-state index is 11.0. The standard InChI is InChI=1S/C19H20N6O/c26-25-16(10-12-3-7-20-8-4-12)24-17-14-2-1-6-22-19(14)23-15-11-21-9-5-13(15)18(17)25/h1-2,5-6,9,11-12,20,26H,3-4,7-8,10H2,(H,22,23). The molecule has 3 aromatic rings. The summed E-state index contributed by atoms with van der Waals surface area (Å²) in [4.78, 5) is 13.5. The molecule has 1 fully saturated rings. The average molecular weight is 348 g/mol. The molecule has 0 atom stereocenters. The van der Waals surface area contributed by atoms with Gasteiger partial charge < -0.3 is 15.8 Å². The average Bonchev–Trinajstić information content (AvgIpc) is 2.92. The lowest BCUT2D eigenvalue weighted by Crippen LogP contribution is -2.29. The van der Waals surface area contributed by atoms with E-state index in [9.17, 15) is 5.21 Å². The number of aromatic nitrogens is 4. The van der Waals surface area contributed by atoms with Crippen LogP contribution < -0.4 is 10.6 Å². The van der Waals surface area contributed by atoms with E-state index in [4.69, 9.17) is 4.98 Å². The Kier molecular flexibility index (Phi) is 3.60. The van der Waals surface area contributed by atoms with Crippen LogP contribution in [0.5, 0.6) is 0 Å². The van der Waals surface area contributed by atoms with Crippen molar-refractivity contribution in [2.75, 3.05) is 18.4 Å². The molecule has 0 aliphatic carbocycles. The van der Waals surface area contributed by atoms with Crippen LogP contribution >= 0.6 is 0 Å². The Labute approximate surface area is 151 Å². The van der Waals surface area contributed by atoms with Crippen molar-refractivity contribution in [2.24, 2.45) is 5.92 Å². The Morgan fingerprint density at radius 3 is 2.92 bits per heavy atom. The number of fused-ring (bicyclic) bond motifs is 5. The molecule has 0 spiro atoms. The van der Waals surface area contributed by atoms with Crippen molar-refractivity contribution in [2.45, 2.75) is 19.3 Å². The van der Waals surface area contributed by atoms with Gasteiger partial charge in [0, 0.05) is 29.9 Å². The highest BCUT2D eigenvalue weighted by Gasteiger charge is 2.28. The molecule has 0 unspecified atom stereocenters. The Hall–Kier alpha value is -2.93. The molecule has 0 saturated carbocycles. The summed E-state index contributed by atoms with van der Waals surface area (Å²) in [6, 6.07) is 5.77. The lowest BCUT2D eigenvalue weighted by atomic mass is 9.94. The second-order valence-electron chi connectivity index (χ2n) is 6.88. The van der Waals surface area contributed by atoms with Crippen LogP contribution in [0.4, 0.5) is 11.5 Å². The van der Waals surface area contributed by atoms with Gasteiger partial charge in [0.25, 0.3) is 0 Å². The molecule has 0 bridgehead atoms. The second-order valence-corrected chi connectivity index (χ2v) is 6.88. The maximum atomic E-state index is 11.0. The number of rotatable bonds is 2. The van der Waals surface area contributed by atoms with E-state index < -0.39 is 0 Å². The molecule has 2 aliphatic heterocycles. The van der Waals surface area contributed by atoms with E-state index in [1.165, 1.54) is 4.73 Å². The predicted molar refractivity (Wildman–Crippen MR) is 98.5 cm³/mol. The molecular formula is C19H20N6O. The van der Waals surface area contributed by atoms with Crippen LogP contribution in [0.1, 0.15) is 18.7 Å². The SMILES string of the molecule is On1c(CC2CCNCC2)nc2c1-c1ccncc1Nc1ncccc1-2. The number of hydrogen-bond donors (Lipinski definition) is 3. The molecule has 132 valence electrons. The zero-order chi connectivity index (χ0) is 17.5. The Morgan fingerprint density at radius 1 is 1.15 bits per heavy atom. The maximum Gasteiger partial charge on any atom is 0.146 e. The number of nitrogens with one attached hydrogen (secondary N) is 2. The summed E-state index contributed by atoms with van der Waals surface area (Å²) in [6.45, 7) is 2.06. The highest BCUT2D eigenvalue weighted by molar-refractivity contribution is 5.94. The van der Waals surface area contributed by atoms with Gasteiger partial charge in [0.05, 0.1) is 11.9 Å². The lowest BCUT2D eigenvalue weighted by molar-refractivity contribution is 0.175. The van der Waals surface area contributed by atoms with Gasteiger partial charge >= 0.3 is 0 Å². The topological polar surface area (TPSA) is 87.9 Å². The van der Waals surface area contributed by atoms with Gasteiger partial charge in [-0.2, -0.15) is 4.73 Å². The minimum absolute atomic E-state index is 0.539. The summed E-state index contributed by atoms with van der Waals surface area (Å²) >= 11 is 0. The van der Waals surface area contributed by atoms with Gasteiger partial charge in [-0.05, 0) is 50.0 Å². The molecule has 5 rings (SSSR count). The van der Waals surface area contributed by atoms with Gasteiger partial charge in [-0.15, -0.1) is 0 Å². The largest absolute Gasteiger partial charge is 0.427 e. The molecule has 7 heteroatoms. The predicted octanol–water partition coefficient (Wildman–Crippen LogP) is 2.84. The first kappa shape index (κ1) is 15.3. The number of anilines is 2. The first-order valence-corrected chi connectivity index (χ1v) is 8.99. The van der Waals surface area contributed by atoms with Gasteiger partial charge in [0.2, 0.25) is 0 Å². The zero-order valence-electron chi connectivity index (χ0n) is 14.3. The summed E-state index contributed by atoms with van der Waals surface area (Å²) < 4.78 is 1.26. The van der Waals surface area contributed by atoms with Crippen LogP contribution in [0.25, 0.3) is 22.5 Å². The number of nitrogens with zero attached hydrogens (tertiary/aromatic N) is 4. The fraction of sp³-hybridized carbons (Fsp3) is 0.316.